The van der Waals surface area contributed by atoms with Crippen molar-refractivity contribution in [3.8, 4) is 11.1 Å². The van der Waals surface area contributed by atoms with Crippen LogP contribution in [0.15, 0.2) is 48.5 Å². The fourth-order valence-corrected chi connectivity index (χ4v) is 6.02. The molecule has 2 aliphatic carbocycles. The second-order valence-electron chi connectivity index (χ2n) is 9.59. The van der Waals surface area contributed by atoms with Crippen LogP contribution in [0.1, 0.15) is 23.5 Å². The number of amides is 2. The molecule has 0 aromatic heterocycles. The Morgan fingerprint density at radius 3 is 2.24 bits per heavy atom. The summed E-state index contributed by atoms with van der Waals surface area (Å²) in [5, 5.41) is 12.0. The fraction of sp³-hybridized carbons (Fsp3) is 0.423. The Bertz CT molecular complexity index is 1110. The summed E-state index contributed by atoms with van der Waals surface area (Å²) in [5.74, 6) is -1.25. The Kier molecular flexibility index (Phi) is 5.06. The van der Waals surface area contributed by atoms with Crippen LogP contribution in [0, 0.1) is 17.8 Å². The highest BCUT2D eigenvalue weighted by molar-refractivity contribution is 5.84. The second kappa shape index (κ2) is 8.13. The number of rotatable bonds is 5. The molecule has 6 rings (SSSR count). The van der Waals surface area contributed by atoms with E-state index in [0.29, 0.717) is 26.1 Å². The third-order valence-electron chi connectivity index (χ3n) is 7.77. The van der Waals surface area contributed by atoms with Gasteiger partial charge in [0.05, 0.1) is 12.0 Å². The standard InChI is InChI=1S/C26H26N2O6/c29-24(28-11-18-19(12-28)22(18)25(30)31)23-21(9-10-33-23)27-26(32)34-13-20-16-7-3-1-5-14(16)15-6-2-4-8-17(15)20/h1-8,18-23H,9-13H2,(H,27,32)(H,30,31)/t18?,19?,21-,22?,23+/m0/s1. The van der Waals surface area contributed by atoms with Gasteiger partial charge in [-0.2, -0.15) is 0 Å². The van der Waals surface area contributed by atoms with E-state index in [9.17, 15) is 19.5 Å². The van der Waals surface area contributed by atoms with Gasteiger partial charge in [-0.3, -0.25) is 9.59 Å². The van der Waals surface area contributed by atoms with E-state index in [1.165, 1.54) is 0 Å². The van der Waals surface area contributed by atoms with Gasteiger partial charge in [0.1, 0.15) is 6.61 Å². The van der Waals surface area contributed by atoms with Crippen molar-refractivity contribution in [2.45, 2.75) is 24.5 Å². The molecule has 2 N–H and O–H groups in total. The van der Waals surface area contributed by atoms with E-state index in [1.807, 2.05) is 24.3 Å². The van der Waals surface area contributed by atoms with Crippen LogP contribution in [0.5, 0.6) is 0 Å². The number of alkyl carbamates (subject to hydrolysis) is 1. The lowest BCUT2D eigenvalue weighted by molar-refractivity contribution is -0.144. The summed E-state index contributed by atoms with van der Waals surface area (Å²) < 4.78 is 11.3. The zero-order valence-electron chi connectivity index (χ0n) is 18.6. The van der Waals surface area contributed by atoms with Crippen LogP contribution in [0.4, 0.5) is 4.79 Å². The Morgan fingerprint density at radius 2 is 1.62 bits per heavy atom. The summed E-state index contributed by atoms with van der Waals surface area (Å²) in [5.41, 5.74) is 4.61. The molecule has 4 aliphatic rings. The first-order valence-electron chi connectivity index (χ1n) is 11.8. The molecule has 2 unspecified atom stereocenters. The molecule has 1 saturated carbocycles. The molecule has 3 fully saturated rings. The van der Waals surface area contributed by atoms with E-state index in [1.54, 1.807) is 4.90 Å². The lowest BCUT2D eigenvalue weighted by atomic mass is 9.98. The molecule has 2 aromatic carbocycles. The van der Waals surface area contributed by atoms with Gasteiger partial charge in [0.15, 0.2) is 6.10 Å². The number of benzene rings is 2. The predicted octanol–water partition coefficient (Wildman–Crippen LogP) is 2.47. The van der Waals surface area contributed by atoms with Crippen LogP contribution in [0.25, 0.3) is 11.1 Å². The van der Waals surface area contributed by atoms with Crippen LogP contribution in [-0.2, 0) is 19.1 Å². The normalized spacial score (nSPS) is 28.7. The summed E-state index contributed by atoms with van der Waals surface area (Å²) in [7, 11) is 0. The summed E-state index contributed by atoms with van der Waals surface area (Å²) in [4.78, 5) is 38.5. The average molecular weight is 463 g/mol. The number of ether oxygens (including phenoxy) is 2. The number of hydrogen-bond donors (Lipinski definition) is 2. The van der Waals surface area contributed by atoms with E-state index < -0.39 is 24.2 Å². The quantitative estimate of drug-likeness (QED) is 0.707. The van der Waals surface area contributed by atoms with Gasteiger partial charge < -0.3 is 24.8 Å². The summed E-state index contributed by atoms with van der Waals surface area (Å²) in [6.45, 7) is 1.47. The predicted molar refractivity (Wildman–Crippen MR) is 121 cm³/mol. The molecule has 0 bridgehead atoms. The first kappa shape index (κ1) is 21.2. The van der Waals surface area contributed by atoms with Crippen molar-refractivity contribution in [1.82, 2.24) is 10.2 Å². The molecule has 2 amide bonds. The molecule has 0 spiro atoms. The largest absolute Gasteiger partial charge is 0.481 e. The van der Waals surface area contributed by atoms with Crippen molar-refractivity contribution >= 4 is 18.0 Å². The maximum atomic E-state index is 13.0. The number of carbonyl (C=O) groups is 3. The first-order valence-corrected chi connectivity index (χ1v) is 11.8. The SMILES string of the molecule is O=C(N[C@H]1CCO[C@H]1C(=O)N1CC2C(C1)C2C(=O)O)OCC1c2ccccc2-c2ccccc21. The van der Waals surface area contributed by atoms with E-state index in [4.69, 9.17) is 9.47 Å². The number of piperidine rings is 1. The van der Waals surface area contributed by atoms with Crippen molar-refractivity contribution in [1.29, 1.82) is 0 Å². The van der Waals surface area contributed by atoms with Crippen molar-refractivity contribution in [3.63, 3.8) is 0 Å². The van der Waals surface area contributed by atoms with Gasteiger partial charge in [-0.15, -0.1) is 0 Å². The molecule has 8 nitrogen and oxygen atoms in total. The molecule has 176 valence electrons. The second-order valence-corrected chi connectivity index (χ2v) is 9.59. The molecular weight excluding hydrogens is 436 g/mol. The van der Waals surface area contributed by atoms with Crippen molar-refractivity contribution in [2.75, 3.05) is 26.3 Å². The highest BCUT2D eigenvalue weighted by Crippen LogP contribution is 2.52. The number of carboxylic acids is 1. The maximum Gasteiger partial charge on any atom is 0.407 e. The zero-order chi connectivity index (χ0) is 23.4. The average Bonchev–Trinajstić information content (AvgIpc) is 3.19. The Labute approximate surface area is 196 Å². The van der Waals surface area contributed by atoms with Gasteiger partial charge in [-0.05, 0) is 40.5 Å². The van der Waals surface area contributed by atoms with Crippen LogP contribution in [-0.4, -0.2) is 66.4 Å². The highest BCUT2D eigenvalue weighted by atomic mass is 16.6. The third kappa shape index (κ3) is 3.44. The van der Waals surface area contributed by atoms with Gasteiger partial charge in [0.25, 0.3) is 5.91 Å². The third-order valence-corrected chi connectivity index (χ3v) is 7.77. The number of aliphatic carboxylic acids is 1. The Hall–Kier alpha value is -3.39. The lowest BCUT2D eigenvalue weighted by Gasteiger charge is -2.26. The summed E-state index contributed by atoms with van der Waals surface area (Å²) in [6.07, 6.45) is -0.800. The maximum absolute atomic E-state index is 13.0. The topological polar surface area (TPSA) is 105 Å². The van der Waals surface area contributed by atoms with Gasteiger partial charge >= 0.3 is 12.1 Å². The van der Waals surface area contributed by atoms with Crippen molar-refractivity contribution in [3.05, 3.63) is 59.7 Å². The number of nitrogens with zero attached hydrogens (tertiary/aromatic N) is 1. The minimum Gasteiger partial charge on any atom is -0.481 e. The first-order chi connectivity index (χ1) is 16.5. The van der Waals surface area contributed by atoms with E-state index >= 15 is 0 Å². The molecule has 0 radical (unpaired) electrons. The summed E-state index contributed by atoms with van der Waals surface area (Å²) in [6, 6.07) is 15.8. The van der Waals surface area contributed by atoms with Crippen molar-refractivity contribution < 1.29 is 29.0 Å². The highest BCUT2D eigenvalue weighted by Gasteiger charge is 2.61. The van der Waals surface area contributed by atoms with E-state index in [2.05, 4.69) is 29.6 Å². The molecular formula is C26H26N2O6. The molecule has 2 heterocycles. The van der Waals surface area contributed by atoms with Crippen LogP contribution in [0.2, 0.25) is 0 Å². The monoisotopic (exact) mass is 462 g/mol. The minimum atomic E-state index is -0.783. The number of likely N-dealkylation sites (tertiary alicyclic amines) is 1. The number of carbonyl (C=O) groups excluding carboxylic acids is 2. The Balaban J connectivity index is 1.06. The molecule has 2 saturated heterocycles. The number of carboxylic acid groups (broad SMARTS) is 1. The smallest absolute Gasteiger partial charge is 0.407 e. The van der Waals surface area contributed by atoms with Gasteiger partial charge in [0.2, 0.25) is 0 Å². The zero-order valence-corrected chi connectivity index (χ0v) is 18.6. The number of hydrogen-bond acceptors (Lipinski definition) is 5. The summed E-state index contributed by atoms with van der Waals surface area (Å²) >= 11 is 0. The fourth-order valence-electron chi connectivity index (χ4n) is 6.02. The van der Waals surface area contributed by atoms with Crippen LogP contribution >= 0.6 is 0 Å². The van der Waals surface area contributed by atoms with Crippen LogP contribution < -0.4 is 5.32 Å². The van der Waals surface area contributed by atoms with Crippen molar-refractivity contribution in [2.24, 2.45) is 17.8 Å². The number of fused-ring (bicyclic) bond motifs is 4. The minimum absolute atomic E-state index is 0.0334. The molecule has 4 atom stereocenters. The Morgan fingerprint density at radius 1 is 1.00 bits per heavy atom. The molecule has 2 aliphatic heterocycles. The number of nitrogens with one attached hydrogen (secondary N) is 1. The van der Waals surface area contributed by atoms with E-state index in [0.717, 1.165) is 22.3 Å². The lowest BCUT2D eigenvalue weighted by Crippen LogP contribution is -2.50. The van der Waals surface area contributed by atoms with E-state index in [-0.39, 0.29) is 36.2 Å². The molecule has 2 aromatic rings. The molecule has 34 heavy (non-hydrogen) atoms. The van der Waals surface area contributed by atoms with Crippen LogP contribution in [0.3, 0.4) is 0 Å². The van der Waals surface area contributed by atoms with Gasteiger partial charge in [-0.1, -0.05) is 48.5 Å². The molecule has 8 heteroatoms. The van der Waals surface area contributed by atoms with Gasteiger partial charge in [0, 0.05) is 25.6 Å². The van der Waals surface area contributed by atoms with Gasteiger partial charge in [-0.25, -0.2) is 4.79 Å².